The number of unbranched alkanes of at least 4 members (excludes halogenated alkanes) is 1. The summed E-state index contributed by atoms with van der Waals surface area (Å²) >= 11 is 1.78. The fraction of sp³-hybridized carbons (Fsp3) is 0.636. The van der Waals surface area contributed by atoms with Gasteiger partial charge < -0.3 is 15.1 Å². The topological polar surface area (TPSA) is 52.7 Å². The van der Waals surface area contributed by atoms with Gasteiger partial charge in [0.25, 0.3) is 0 Å². The first-order valence-corrected chi connectivity index (χ1v) is 11.6. The van der Waals surface area contributed by atoms with Crippen molar-refractivity contribution in [2.75, 3.05) is 43.4 Å². The Balaban J connectivity index is 1.29. The lowest BCUT2D eigenvalue weighted by Crippen LogP contribution is -2.36. The van der Waals surface area contributed by atoms with Gasteiger partial charge in [-0.1, -0.05) is 19.1 Å². The van der Waals surface area contributed by atoms with Crippen LogP contribution >= 0.6 is 11.8 Å². The molecule has 1 aromatic rings. The summed E-state index contributed by atoms with van der Waals surface area (Å²) in [5.41, 5.74) is 0.983. The van der Waals surface area contributed by atoms with Gasteiger partial charge in [-0.2, -0.15) is 0 Å². The van der Waals surface area contributed by atoms with E-state index in [0.717, 1.165) is 48.2 Å². The highest BCUT2D eigenvalue weighted by atomic mass is 32.2. The lowest BCUT2D eigenvalue weighted by atomic mass is 9.99. The molecule has 0 spiro atoms. The molecule has 2 amide bonds. The van der Waals surface area contributed by atoms with Gasteiger partial charge in [-0.05, 0) is 63.4 Å². The van der Waals surface area contributed by atoms with Crippen LogP contribution in [0.25, 0.3) is 0 Å². The van der Waals surface area contributed by atoms with Crippen LogP contribution in [-0.2, 0) is 9.59 Å². The average molecular weight is 404 g/mol. The van der Waals surface area contributed by atoms with E-state index < -0.39 is 0 Å². The van der Waals surface area contributed by atoms with Gasteiger partial charge in [0.15, 0.2) is 0 Å². The summed E-state index contributed by atoms with van der Waals surface area (Å²) in [6.07, 6.45) is 5.29. The maximum absolute atomic E-state index is 12.6. The zero-order chi connectivity index (χ0) is 19.8. The molecular formula is C22H33N3O2S. The SMILES string of the molecule is CC1CCN(CCCCNC(=O)CCC(=O)N2CCSc3ccccc32)CC1. The Morgan fingerprint density at radius 2 is 1.89 bits per heavy atom. The van der Waals surface area contributed by atoms with Crippen LogP contribution in [0, 0.1) is 5.92 Å². The molecule has 1 aromatic carbocycles. The minimum atomic E-state index is -0.0141. The van der Waals surface area contributed by atoms with E-state index in [-0.39, 0.29) is 24.7 Å². The number of nitrogens with one attached hydrogen (secondary N) is 1. The highest BCUT2D eigenvalue weighted by Gasteiger charge is 2.22. The van der Waals surface area contributed by atoms with Gasteiger partial charge in [-0.15, -0.1) is 11.8 Å². The summed E-state index contributed by atoms with van der Waals surface area (Å²) in [7, 11) is 0. The van der Waals surface area contributed by atoms with Crippen molar-refractivity contribution in [1.29, 1.82) is 0 Å². The highest BCUT2D eigenvalue weighted by molar-refractivity contribution is 7.99. The molecule has 0 atom stereocenters. The third kappa shape index (κ3) is 6.24. The van der Waals surface area contributed by atoms with Gasteiger partial charge in [-0.25, -0.2) is 0 Å². The van der Waals surface area contributed by atoms with E-state index in [2.05, 4.69) is 23.2 Å². The van der Waals surface area contributed by atoms with Crippen LogP contribution < -0.4 is 10.2 Å². The molecule has 0 saturated carbocycles. The maximum Gasteiger partial charge on any atom is 0.227 e. The third-order valence-corrected chi connectivity index (χ3v) is 6.74. The molecule has 28 heavy (non-hydrogen) atoms. The molecule has 1 saturated heterocycles. The molecular weight excluding hydrogens is 370 g/mol. The molecule has 3 rings (SSSR count). The Hall–Kier alpha value is -1.53. The first-order valence-electron chi connectivity index (χ1n) is 10.6. The van der Waals surface area contributed by atoms with E-state index >= 15 is 0 Å². The molecule has 2 aliphatic heterocycles. The molecule has 2 heterocycles. The molecule has 0 unspecified atom stereocenters. The number of carbonyl (C=O) groups excluding carboxylic acids is 2. The second-order valence-corrected chi connectivity index (χ2v) is 9.08. The fourth-order valence-corrected chi connectivity index (χ4v) is 4.84. The molecule has 0 bridgehead atoms. The molecule has 1 N–H and O–H groups in total. The summed E-state index contributed by atoms with van der Waals surface area (Å²) < 4.78 is 0. The van der Waals surface area contributed by atoms with Crippen LogP contribution in [-0.4, -0.2) is 55.2 Å². The van der Waals surface area contributed by atoms with Gasteiger partial charge in [0, 0.05) is 36.6 Å². The summed E-state index contributed by atoms with van der Waals surface area (Å²) in [6, 6.07) is 8.00. The number of fused-ring (bicyclic) bond motifs is 1. The summed E-state index contributed by atoms with van der Waals surface area (Å²) in [5.74, 6) is 1.81. The van der Waals surface area contributed by atoms with Gasteiger partial charge >= 0.3 is 0 Å². The monoisotopic (exact) mass is 403 g/mol. The molecule has 154 valence electrons. The zero-order valence-corrected chi connectivity index (χ0v) is 17.8. The number of para-hydroxylation sites is 1. The number of amides is 2. The lowest BCUT2D eigenvalue weighted by Gasteiger charge is -2.30. The number of hydrogen-bond acceptors (Lipinski definition) is 4. The Morgan fingerprint density at radius 1 is 1.11 bits per heavy atom. The first kappa shape index (κ1) is 21.2. The molecule has 6 heteroatoms. The van der Waals surface area contributed by atoms with Crippen molar-refractivity contribution in [2.24, 2.45) is 5.92 Å². The van der Waals surface area contributed by atoms with Crippen molar-refractivity contribution in [3.63, 3.8) is 0 Å². The van der Waals surface area contributed by atoms with Crippen molar-refractivity contribution in [3.8, 4) is 0 Å². The number of benzene rings is 1. The quantitative estimate of drug-likeness (QED) is 0.675. The van der Waals surface area contributed by atoms with Gasteiger partial charge in [0.1, 0.15) is 0 Å². The molecule has 5 nitrogen and oxygen atoms in total. The lowest BCUT2D eigenvalue weighted by molar-refractivity contribution is -0.125. The predicted octanol–water partition coefficient (Wildman–Crippen LogP) is 3.53. The summed E-state index contributed by atoms with van der Waals surface area (Å²) in [5, 5.41) is 2.97. The van der Waals surface area contributed by atoms with Crippen LogP contribution in [0.5, 0.6) is 0 Å². The summed E-state index contributed by atoms with van der Waals surface area (Å²) in [6.45, 7) is 7.33. The minimum absolute atomic E-state index is 0.0141. The Labute approximate surface area is 173 Å². The van der Waals surface area contributed by atoms with Crippen LogP contribution in [0.1, 0.15) is 45.4 Å². The van der Waals surface area contributed by atoms with Gasteiger partial charge in [-0.3, -0.25) is 9.59 Å². The van der Waals surface area contributed by atoms with E-state index in [1.54, 1.807) is 11.8 Å². The maximum atomic E-state index is 12.6. The Kier molecular flexibility index (Phi) is 8.22. The number of carbonyl (C=O) groups is 2. The highest BCUT2D eigenvalue weighted by Crippen LogP contribution is 2.34. The number of hydrogen-bond donors (Lipinski definition) is 1. The van der Waals surface area contributed by atoms with E-state index in [1.165, 1.54) is 25.9 Å². The number of thioether (sulfide) groups is 1. The Bertz CT molecular complexity index is 659. The fourth-order valence-electron chi connectivity index (χ4n) is 3.85. The van der Waals surface area contributed by atoms with Crippen molar-refractivity contribution in [2.45, 2.75) is 50.3 Å². The van der Waals surface area contributed by atoms with E-state index in [9.17, 15) is 9.59 Å². The number of likely N-dealkylation sites (tertiary alicyclic amines) is 1. The summed E-state index contributed by atoms with van der Waals surface area (Å²) in [4.78, 5) is 30.2. The number of piperidine rings is 1. The smallest absolute Gasteiger partial charge is 0.227 e. The van der Waals surface area contributed by atoms with Crippen LogP contribution in [0.15, 0.2) is 29.2 Å². The third-order valence-electron chi connectivity index (χ3n) is 5.70. The van der Waals surface area contributed by atoms with Crippen molar-refractivity contribution in [1.82, 2.24) is 10.2 Å². The normalized spacial score (nSPS) is 18.0. The molecule has 2 aliphatic rings. The van der Waals surface area contributed by atoms with E-state index in [4.69, 9.17) is 0 Å². The number of rotatable bonds is 8. The molecule has 0 aromatic heterocycles. The van der Waals surface area contributed by atoms with Crippen LogP contribution in [0.4, 0.5) is 5.69 Å². The molecule has 0 radical (unpaired) electrons. The van der Waals surface area contributed by atoms with E-state index in [0.29, 0.717) is 6.54 Å². The molecule has 1 fully saturated rings. The van der Waals surface area contributed by atoms with Crippen molar-refractivity contribution >= 4 is 29.3 Å². The van der Waals surface area contributed by atoms with E-state index in [1.807, 2.05) is 23.1 Å². The minimum Gasteiger partial charge on any atom is -0.356 e. The van der Waals surface area contributed by atoms with Crippen molar-refractivity contribution in [3.05, 3.63) is 24.3 Å². The van der Waals surface area contributed by atoms with Crippen molar-refractivity contribution < 1.29 is 9.59 Å². The predicted molar refractivity (Wildman–Crippen MR) is 116 cm³/mol. The second kappa shape index (κ2) is 10.9. The largest absolute Gasteiger partial charge is 0.356 e. The average Bonchev–Trinajstić information content (AvgIpc) is 2.72. The van der Waals surface area contributed by atoms with Crippen LogP contribution in [0.2, 0.25) is 0 Å². The van der Waals surface area contributed by atoms with Gasteiger partial charge in [0.05, 0.1) is 5.69 Å². The Morgan fingerprint density at radius 3 is 2.71 bits per heavy atom. The van der Waals surface area contributed by atoms with Crippen LogP contribution in [0.3, 0.4) is 0 Å². The number of nitrogens with zero attached hydrogens (tertiary/aromatic N) is 2. The first-order chi connectivity index (χ1) is 13.6. The standard InChI is InChI=1S/C22H33N3O2S/c1-18-10-14-24(15-11-18)13-5-4-12-23-21(26)8-9-22(27)25-16-17-28-20-7-3-2-6-19(20)25/h2-3,6-7,18H,4-5,8-17H2,1H3,(H,23,26). The number of anilines is 1. The molecule has 0 aliphatic carbocycles. The second-order valence-electron chi connectivity index (χ2n) is 7.94. The zero-order valence-electron chi connectivity index (χ0n) is 17.0. The van der Waals surface area contributed by atoms with Gasteiger partial charge in [0.2, 0.25) is 11.8 Å².